The van der Waals surface area contributed by atoms with Gasteiger partial charge >= 0.3 is 0 Å². The summed E-state index contributed by atoms with van der Waals surface area (Å²) in [6.07, 6.45) is 0. The van der Waals surface area contributed by atoms with Crippen LogP contribution in [0.2, 0.25) is 5.02 Å². The van der Waals surface area contributed by atoms with Gasteiger partial charge in [0.1, 0.15) is 6.04 Å². The minimum Gasteiger partial charge on any atom is -0.353 e. The lowest BCUT2D eigenvalue weighted by atomic mass is 10.1. The van der Waals surface area contributed by atoms with Crippen molar-refractivity contribution in [3.63, 3.8) is 0 Å². The fourth-order valence-corrected chi connectivity index (χ4v) is 4.30. The molecular weight excluding hydrogens is 336 g/mol. The van der Waals surface area contributed by atoms with Crippen molar-refractivity contribution in [3.05, 3.63) is 65.2 Å². The van der Waals surface area contributed by atoms with Crippen LogP contribution < -0.4 is 5.32 Å². The van der Waals surface area contributed by atoms with Gasteiger partial charge in [-0.05, 0) is 29.8 Å². The number of nitrogens with one attached hydrogen (secondary N) is 1. The average Bonchev–Trinajstić information content (AvgIpc) is 2.56. The minimum absolute atomic E-state index is 0.123. The molecule has 120 valence electrons. The second kappa shape index (κ2) is 6.31. The Morgan fingerprint density at radius 2 is 1.70 bits per heavy atom. The van der Waals surface area contributed by atoms with E-state index in [1.165, 1.54) is 28.6 Å². The largest absolute Gasteiger partial charge is 0.353 e. The summed E-state index contributed by atoms with van der Waals surface area (Å²) in [6.45, 7) is 0.505. The second-order valence-electron chi connectivity index (χ2n) is 5.17. The molecule has 1 heterocycles. The monoisotopic (exact) mass is 350 g/mol. The number of hydrogen-bond acceptors (Lipinski definition) is 3. The van der Waals surface area contributed by atoms with Crippen LogP contribution in [0.3, 0.4) is 0 Å². The van der Waals surface area contributed by atoms with Crippen molar-refractivity contribution in [2.24, 2.45) is 0 Å². The van der Waals surface area contributed by atoms with Crippen molar-refractivity contribution in [3.8, 4) is 0 Å². The van der Waals surface area contributed by atoms with Crippen LogP contribution in [0.1, 0.15) is 11.6 Å². The average molecular weight is 351 g/mol. The molecule has 2 aromatic carbocycles. The lowest BCUT2D eigenvalue weighted by molar-refractivity contribution is -0.126. The predicted molar refractivity (Wildman–Crippen MR) is 87.5 cm³/mol. The molecule has 1 saturated heterocycles. The summed E-state index contributed by atoms with van der Waals surface area (Å²) in [6, 6.07) is 14.0. The van der Waals surface area contributed by atoms with Crippen molar-refractivity contribution in [2.75, 3.05) is 13.1 Å². The van der Waals surface area contributed by atoms with Crippen molar-refractivity contribution in [2.45, 2.75) is 10.9 Å². The first-order chi connectivity index (χ1) is 11.0. The summed E-state index contributed by atoms with van der Waals surface area (Å²) >= 11 is 5.82. The standard InChI is InChI=1S/C16H15ClN2O3S/c17-13-6-8-14(9-7-13)23(21,22)19-11-10-18-16(20)15(19)12-4-2-1-3-5-12/h1-9,15H,10-11H2,(H,18,20). The Morgan fingerprint density at radius 1 is 1.04 bits per heavy atom. The molecule has 0 aliphatic carbocycles. The van der Waals surface area contributed by atoms with E-state index < -0.39 is 16.1 Å². The van der Waals surface area contributed by atoms with Gasteiger partial charge in [-0.3, -0.25) is 4.79 Å². The van der Waals surface area contributed by atoms with Gasteiger partial charge in [0.15, 0.2) is 0 Å². The van der Waals surface area contributed by atoms with Gasteiger partial charge < -0.3 is 5.32 Å². The summed E-state index contributed by atoms with van der Waals surface area (Å²) in [5.41, 5.74) is 0.641. The van der Waals surface area contributed by atoms with Gasteiger partial charge in [0.25, 0.3) is 0 Å². The minimum atomic E-state index is -3.80. The quantitative estimate of drug-likeness (QED) is 0.922. The van der Waals surface area contributed by atoms with Crippen LogP contribution in [0.25, 0.3) is 0 Å². The topological polar surface area (TPSA) is 66.5 Å². The number of sulfonamides is 1. The first-order valence-corrected chi connectivity index (χ1v) is 8.92. The first-order valence-electron chi connectivity index (χ1n) is 7.10. The number of benzene rings is 2. The van der Waals surface area contributed by atoms with Gasteiger partial charge in [-0.1, -0.05) is 41.9 Å². The van der Waals surface area contributed by atoms with Crippen LogP contribution in [0, 0.1) is 0 Å². The lowest BCUT2D eigenvalue weighted by Crippen LogP contribution is -2.52. The molecule has 3 rings (SSSR count). The van der Waals surface area contributed by atoms with Crippen LogP contribution >= 0.6 is 11.6 Å². The lowest BCUT2D eigenvalue weighted by Gasteiger charge is -2.34. The Hall–Kier alpha value is -1.89. The maximum atomic E-state index is 12.9. The third kappa shape index (κ3) is 3.10. The highest BCUT2D eigenvalue weighted by atomic mass is 35.5. The molecule has 1 unspecified atom stereocenters. The van der Waals surface area contributed by atoms with Gasteiger partial charge in [0, 0.05) is 18.1 Å². The van der Waals surface area contributed by atoms with E-state index in [1.54, 1.807) is 24.3 Å². The van der Waals surface area contributed by atoms with Gasteiger partial charge in [0.2, 0.25) is 15.9 Å². The molecule has 0 bridgehead atoms. The Kier molecular flexibility index (Phi) is 4.39. The van der Waals surface area contributed by atoms with Crippen molar-refractivity contribution >= 4 is 27.5 Å². The summed E-state index contributed by atoms with van der Waals surface area (Å²) in [5, 5.41) is 3.19. The Morgan fingerprint density at radius 3 is 2.35 bits per heavy atom. The molecule has 0 aromatic heterocycles. The SMILES string of the molecule is O=C1NCCN(S(=O)(=O)c2ccc(Cl)cc2)C1c1ccccc1. The van der Waals surface area contributed by atoms with Crippen molar-refractivity contribution in [1.29, 1.82) is 0 Å². The molecular formula is C16H15ClN2O3S. The number of piperazine rings is 1. The zero-order valence-electron chi connectivity index (χ0n) is 12.1. The summed E-state index contributed by atoms with van der Waals surface area (Å²) in [5.74, 6) is -0.319. The summed E-state index contributed by atoms with van der Waals surface area (Å²) < 4.78 is 27.1. The molecule has 0 spiro atoms. The highest BCUT2D eigenvalue weighted by Gasteiger charge is 2.39. The normalized spacial score (nSPS) is 19.3. The molecule has 7 heteroatoms. The molecule has 1 N–H and O–H groups in total. The molecule has 1 fully saturated rings. The second-order valence-corrected chi connectivity index (χ2v) is 7.50. The molecule has 0 radical (unpaired) electrons. The Bertz CT molecular complexity index is 807. The summed E-state index contributed by atoms with van der Waals surface area (Å²) in [4.78, 5) is 12.4. The number of amides is 1. The molecule has 1 aliphatic heterocycles. The zero-order valence-corrected chi connectivity index (χ0v) is 13.7. The smallest absolute Gasteiger partial charge is 0.244 e. The maximum absolute atomic E-state index is 12.9. The number of carbonyl (C=O) groups excluding carboxylic acids is 1. The molecule has 1 amide bonds. The molecule has 2 aromatic rings. The van der Waals surface area contributed by atoms with E-state index >= 15 is 0 Å². The highest BCUT2D eigenvalue weighted by Crippen LogP contribution is 2.29. The number of nitrogens with zero attached hydrogens (tertiary/aromatic N) is 1. The van der Waals surface area contributed by atoms with E-state index in [-0.39, 0.29) is 23.9 Å². The fourth-order valence-electron chi connectivity index (χ4n) is 2.60. The van der Waals surface area contributed by atoms with E-state index in [0.29, 0.717) is 10.6 Å². The number of carbonyl (C=O) groups is 1. The first kappa shape index (κ1) is 16.0. The number of hydrogen-bond donors (Lipinski definition) is 1. The van der Waals surface area contributed by atoms with E-state index in [2.05, 4.69) is 5.32 Å². The van der Waals surface area contributed by atoms with E-state index in [4.69, 9.17) is 11.6 Å². The maximum Gasteiger partial charge on any atom is 0.244 e. The van der Waals surface area contributed by atoms with E-state index in [0.717, 1.165) is 0 Å². The third-order valence-corrected chi connectivity index (χ3v) is 5.83. The van der Waals surface area contributed by atoms with Gasteiger partial charge in [-0.15, -0.1) is 0 Å². The van der Waals surface area contributed by atoms with Crippen LogP contribution in [-0.2, 0) is 14.8 Å². The van der Waals surface area contributed by atoms with Crippen LogP contribution in [0.15, 0.2) is 59.5 Å². The van der Waals surface area contributed by atoms with Gasteiger partial charge in [-0.25, -0.2) is 8.42 Å². The van der Waals surface area contributed by atoms with Gasteiger partial charge in [-0.2, -0.15) is 4.31 Å². The predicted octanol–water partition coefficient (Wildman–Crippen LogP) is 2.20. The molecule has 1 aliphatic rings. The van der Waals surface area contributed by atoms with Crippen LogP contribution in [0.5, 0.6) is 0 Å². The highest BCUT2D eigenvalue weighted by molar-refractivity contribution is 7.89. The molecule has 0 saturated carbocycles. The molecule has 5 nitrogen and oxygen atoms in total. The summed E-state index contributed by atoms with van der Waals surface area (Å²) in [7, 11) is -3.80. The van der Waals surface area contributed by atoms with Gasteiger partial charge in [0.05, 0.1) is 4.90 Å². The Balaban J connectivity index is 2.04. The van der Waals surface area contributed by atoms with Crippen molar-refractivity contribution < 1.29 is 13.2 Å². The zero-order chi connectivity index (χ0) is 16.4. The fraction of sp³-hybridized carbons (Fsp3) is 0.188. The van der Waals surface area contributed by atoms with E-state index in [1.807, 2.05) is 6.07 Å². The van der Waals surface area contributed by atoms with Crippen LogP contribution in [-0.4, -0.2) is 31.7 Å². The number of halogens is 1. The number of rotatable bonds is 3. The molecule has 23 heavy (non-hydrogen) atoms. The molecule has 1 atom stereocenters. The van der Waals surface area contributed by atoms with Crippen LogP contribution in [0.4, 0.5) is 0 Å². The Labute approximate surface area is 139 Å². The van der Waals surface area contributed by atoms with Crippen molar-refractivity contribution in [1.82, 2.24) is 9.62 Å². The van der Waals surface area contributed by atoms with E-state index in [9.17, 15) is 13.2 Å². The third-order valence-electron chi connectivity index (χ3n) is 3.70.